The maximum atomic E-state index is 11.1. The summed E-state index contributed by atoms with van der Waals surface area (Å²) in [6.07, 6.45) is 2.15. The van der Waals surface area contributed by atoms with Crippen molar-refractivity contribution < 1.29 is 9.66 Å². The summed E-state index contributed by atoms with van der Waals surface area (Å²) < 4.78 is 5.30. The average Bonchev–Trinajstić information content (AvgIpc) is 3.03. The number of nitro benzene ring substituents is 1. The zero-order chi connectivity index (χ0) is 16.5. The fourth-order valence-electron chi connectivity index (χ4n) is 2.27. The topological polar surface area (TPSA) is 64.4 Å². The smallest absolute Gasteiger partial charge is 0.278 e. The van der Waals surface area contributed by atoms with Crippen molar-refractivity contribution in [2.45, 2.75) is 26.3 Å². The predicted octanol–water partition coefficient (Wildman–Crippen LogP) is 4.23. The molecule has 0 radical (unpaired) electrons. The Bertz CT molecular complexity index is 628. The second-order valence-corrected chi connectivity index (χ2v) is 6.29. The van der Waals surface area contributed by atoms with Gasteiger partial charge in [0.05, 0.1) is 10.5 Å². The molecular formula is C17H22N2O3S. The molecule has 1 aromatic carbocycles. The van der Waals surface area contributed by atoms with Crippen LogP contribution in [0.25, 0.3) is 10.4 Å². The van der Waals surface area contributed by atoms with E-state index in [4.69, 9.17) is 4.74 Å². The van der Waals surface area contributed by atoms with Crippen molar-refractivity contribution in [3.63, 3.8) is 0 Å². The Morgan fingerprint density at radius 1 is 1.22 bits per heavy atom. The van der Waals surface area contributed by atoms with Crippen LogP contribution in [0.3, 0.4) is 0 Å². The molecule has 0 saturated heterocycles. The van der Waals surface area contributed by atoms with Gasteiger partial charge < -0.3 is 10.1 Å². The third kappa shape index (κ3) is 5.42. The Kier molecular flexibility index (Phi) is 7.19. The van der Waals surface area contributed by atoms with E-state index in [1.165, 1.54) is 4.88 Å². The van der Waals surface area contributed by atoms with Gasteiger partial charge in [-0.15, -0.1) is 11.3 Å². The molecule has 0 aliphatic carbocycles. The molecule has 1 heterocycles. The Labute approximate surface area is 140 Å². The van der Waals surface area contributed by atoms with Gasteiger partial charge in [0, 0.05) is 35.6 Å². The minimum atomic E-state index is -0.328. The Morgan fingerprint density at radius 3 is 2.83 bits per heavy atom. The number of ether oxygens (including phenoxy) is 1. The van der Waals surface area contributed by atoms with Crippen molar-refractivity contribution in [3.8, 4) is 10.4 Å². The van der Waals surface area contributed by atoms with E-state index in [0.29, 0.717) is 5.56 Å². The molecule has 2 rings (SSSR count). The standard InChI is InChI=1S/C17H22N2O3S/c1-2-22-12-6-5-11-18-13-14-9-10-17(23-14)15-7-3-4-8-16(15)19(20)21/h3-4,7-10,18H,2,5-6,11-13H2,1H3. The number of nitro groups is 1. The summed E-state index contributed by atoms with van der Waals surface area (Å²) in [7, 11) is 0. The van der Waals surface area contributed by atoms with Gasteiger partial charge in [-0.05, 0) is 44.5 Å². The van der Waals surface area contributed by atoms with E-state index in [2.05, 4.69) is 5.32 Å². The summed E-state index contributed by atoms with van der Waals surface area (Å²) >= 11 is 1.60. The molecule has 1 N–H and O–H groups in total. The van der Waals surface area contributed by atoms with Gasteiger partial charge in [-0.2, -0.15) is 0 Å². The Balaban J connectivity index is 1.85. The lowest BCUT2D eigenvalue weighted by atomic mass is 10.1. The van der Waals surface area contributed by atoms with Crippen LogP contribution >= 0.6 is 11.3 Å². The van der Waals surface area contributed by atoms with Crippen molar-refractivity contribution in [2.24, 2.45) is 0 Å². The zero-order valence-electron chi connectivity index (χ0n) is 13.3. The molecular weight excluding hydrogens is 312 g/mol. The largest absolute Gasteiger partial charge is 0.382 e. The number of unbranched alkanes of at least 4 members (excludes halogenated alkanes) is 1. The van der Waals surface area contributed by atoms with Crippen LogP contribution in [0.2, 0.25) is 0 Å². The summed E-state index contributed by atoms with van der Waals surface area (Å²) in [5, 5.41) is 14.5. The van der Waals surface area contributed by atoms with Gasteiger partial charge in [0.1, 0.15) is 0 Å². The van der Waals surface area contributed by atoms with Gasteiger partial charge >= 0.3 is 0 Å². The Morgan fingerprint density at radius 2 is 2.04 bits per heavy atom. The monoisotopic (exact) mass is 334 g/mol. The van der Waals surface area contributed by atoms with E-state index in [9.17, 15) is 10.1 Å². The van der Waals surface area contributed by atoms with E-state index in [1.54, 1.807) is 29.5 Å². The van der Waals surface area contributed by atoms with Crippen LogP contribution in [0.4, 0.5) is 5.69 Å². The molecule has 2 aromatic rings. The number of thiophene rings is 1. The van der Waals surface area contributed by atoms with Crippen LogP contribution in [0.1, 0.15) is 24.6 Å². The van der Waals surface area contributed by atoms with Crippen LogP contribution in [0, 0.1) is 10.1 Å². The minimum Gasteiger partial charge on any atom is -0.382 e. The second kappa shape index (κ2) is 9.39. The summed E-state index contributed by atoms with van der Waals surface area (Å²) in [4.78, 5) is 12.9. The number of rotatable bonds is 10. The van der Waals surface area contributed by atoms with Crippen molar-refractivity contribution in [2.75, 3.05) is 19.8 Å². The van der Waals surface area contributed by atoms with Crippen LogP contribution in [0.15, 0.2) is 36.4 Å². The molecule has 0 spiro atoms. The van der Waals surface area contributed by atoms with Crippen molar-refractivity contribution in [3.05, 3.63) is 51.4 Å². The lowest BCUT2D eigenvalue weighted by molar-refractivity contribution is -0.384. The molecule has 0 atom stereocenters. The molecule has 0 aliphatic heterocycles. The van der Waals surface area contributed by atoms with E-state index in [0.717, 1.165) is 44.0 Å². The molecule has 0 fully saturated rings. The van der Waals surface area contributed by atoms with Crippen LogP contribution in [-0.2, 0) is 11.3 Å². The third-order valence-corrected chi connectivity index (χ3v) is 4.54. The second-order valence-electron chi connectivity index (χ2n) is 5.12. The van der Waals surface area contributed by atoms with Gasteiger partial charge in [-0.3, -0.25) is 10.1 Å². The lowest BCUT2D eigenvalue weighted by Gasteiger charge is -2.03. The fraction of sp³-hybridized carbons (Fsp3) is 0.412. The number of para-hydroxylation sites is 1. The van der Waals surface area contributed by atoms with E-state index in [1.807, 2.05) is 25.1 Å². The average molecular weight is 334 g/mol. The first-order chi connectivity index (χ1) is 11.2. The molecule has 124 valence electrons. The molecule has 23 heavy (non-hydrogen) atoms. The molecule has 0 saturated carbocycles. The Hall–Kier alpha value is -1.76. The van der Waals surface area contributed by atoms with E-state index in [-0.39, 0.29) is 10.6 Å². The van der Waals surface area contributed by atoms with Gasteiger partial charge in [0.25, 0.3) is 5.69 Å². The third-order valence-electron chi connectivity index (χ3n) is 3.42. The van der Waals surface area contributed by atoms with Gasteiger partial charge in [0.15, 0.2) is 0 Å². The van der Waals surface area contributed by atoms with Crippen LogP contribution in [0.5, 0.6) is 0 Å². The minimum absolute atomic E-state index is 0.157. The number of hydrogen-bond acceptors (Lipinski definition) is 5. The van der Waals surface area contributed by atoms with Gasteiger partial charge in [-0.1, -0.05) is 12.1 Å². The van der Waals surface area contributed by atoms with Gasteiger partial charge in [-0.25, -0.2) is 0 Å². The predicted molar refractivity (Wildman–Crippen MR) is 93.8 cm³/mol. The summed E-state index contributed by atoms with van der Waals surface area (Å²) in [6.45, 7) is 5.34. The van der Waals surface area contributed by atoms with E-state index >= 15 is 0 Å². The molecule has 6 heteroatoms. The van der Waals surface area contributed by atoms with Crippen LogP contribution in [-0.4, -0.2) is 24.7 Å². The number of benzene rings is 1. The maximum absolute atomic E-state index is 11.1. The highest BCUT2D eigenvalue weighted by molar-refractivity contribution is 7.15. The summed E-state index contributed by atoms with van der Waals surface area (Å²) in [6, 6.07) is 10.9. The van der Waals surface area contributed by atoms with E-state index < -0.39 is 0 Å². The fourth-order valence-corrected chi connectivity index (χ4v) is 3.28. The molecule has 0 aliphatic rings. The SMILES string of the molecule is CCOCCCCNCc1ccc(-c2ccccc2[N+](=O)[O-])s1. The van der Waals surface area contributed by atoms with Gasteiger partial charge in [0.2, 0.25) is 0 Å². The highest BCUT2D eigenvalue weighted by Crippen LogP contribution is 2.34. The highest BCUT2D eigenvalue weighted by atomic mass is 32.1. The van der Waals surface area contributed by atoms with Crippen molar-refractivity contribution >= 4 is 17.0 Å². The maximum Gasteiger partial charge on any atom is 0.278 e. The summed E-state index contributed by atoms with van der Waals surface area (Å²) in [5.74, 6) is 0. The van der Waals surface area contributed by atoms with Crippen molar-refractivity contribution in [1.29, 1.82) is 0 Å². The number of nitrogens with one attached hydrogen (secondary N) is 1. The molecule has 5 nitrogen and oxygen atoms in total. The van der Waals surface area contributed by atoms with Crippen molar-refractivity contribution in [1.82, 2.24) is 5.32 Å². The number of nitrogens with zero attached hydrogens (tertiary/aromatic N) is 1. The first-order valence-electron chi connectivity index (χ1n) is 7.83. The lowest BCUT2D eigenvalue weighted by Crippen LogP contribution is -2.14. The molecule has 0 amide bonds. The molecule has 0 bridgehead atoms. The highest BCUT2D eigenvalue weighted by Gasteiger charge is 2.15. The first-order valence-corrected chi connectivity index (χ1v) is 8.65. The molecule has 1 aromatic heterocycles. The molecule has 0 unspecified atom stereocenters. The number of hydrogen-bond donors (Lipinski definition) is 1. The van der Waals surface area contributed by atoms with Crippen LogP contribution < -0.4 is 5.32 Å². The first kappa shape index (κ1) is 17.6. The quantitative estimate of drug-likeness (QED) is 0.401. The zero-order valence-corrected chi connectivity index (χ0v) is 14.1. The summed E-state index contributed by atoms with van der Waals surface area (Å²) in [5.41, 5.74) is 0.843. The normalized spacial score (nSPS) is 10.8.